The highest BCUT2D eigenvalue weighted by atomic mass is 16.1. The molecule has 0 saturated carbocycles. The molecule has 0 bridgehead atoms. The molecule has 1 fully saturated rings. The molecule has 2 nitrogen and oxygen atoms in total. The lowest BCUT2D eigenvalue weighted by Gasteiger charge is -2.06. The Morgan fingerprint density at radius 1 is 1.55 bits per heavy atom. The van der Waals surface area contributed by atoms with Crippen molar-refractivity contribution in [1.82, 2.24) is 5.32 Å². The van der Waals surface area contributed by atoms with Crippen LogP contribution in [-0.2, 0) is 4.79 Å². The fraction of sp³-hybridized carbons (Fsp3) is 0.889. The van der Waals surface area contributed by atoms with Crippen LogP contribution < -0.4 is 5.32 Å². The molecule has 1 aliphatic heterocycles. The number of hydrogen-bond acceptors (Lipinski definition) is 2. The van der Waals surface area contributed by atoms with Gasteiger partial charge in [-0.2, -0.15) is 0 Å². The summed E-state index contributed by atoms with van der Waals surface area (Å²) in [4.78, 5) is 11.2. The van der Waals surface area contributed by atoms with Gasteiger partial charge >= 0.3 is 0 Å². The quantitative estimate of drug-likeness (QED) is 0.666. The van der Waals surface area contributed by atoms with E-state index in [0.717, 1.165) is 18.9 Å². The predicted molar refractivity (Wildman–Crippen MR) is 45.5 cm³/mol. The van der Waals surface area contributed by atoms with E-state index in [1.807, 2.05) is 6.92 Å². The predicted octanol–water partition coefficient (Wildman–Crippen LogP) is 1.35. The van der Waals surface area contributed by atoms with Gasteiger partial charge < -0.3 is 5.32 Å². The molecule has 1 aliphatic rings. The molecule has 1 saturated heterocycles. The van der Waals surface area contributed by atoms with Crippen molar-refractivity contribution in [3.8, 4) is 0 Å². The Bertz CT molecular complexity index is 144. The van der Waals surface area contributed by atoms with Crippen LogP contribution >= 0.6 is 0 Å². The third kappa shape index (κ3) is 2.03. The number of carbonyl (C=O) groups is 1. The summed E-state index contributed by atoms with van der Waals surface area (Å²) in [7, 11) is 0. The van der Waals surface area contributed by atoms with Crippen LogP contribution in [-0.4, -0.2) is 18.4 Å². The SMILES string of the molecule is CCC(=O)C1CC(CC)CN1. The number of carbonyl (C=O) groups excluding carboxylic acids is 1. The lowest BCUT2D eigenvalue weighted by atomic mass is 10.0. The normalized spacial score (nSPS) is 30.7. The summed E-state index contributed by atoms with van der Waals surface area (Å²) in [5.41, 5.74) is 0. The zero-order chi connectivity index (χ0) is 8.27. The lowest BCUT2D eigenvalue weighted by Crippen LogP contribution is -2.29. The van der Waals surface area contributed by atoms with Crippen LogP contribution in [0.4, 0.5) is 0 Å². The van der Waals surface area contributed by atoms with Gasteiger partial charge in [0.05, 0.1) is 6.04 Å². The Hall–Kier alpha value is -0.370. The van der Waals surface area contributed by atoms with Gasteiger partial charge in [-0.1, -0.05) is 20.3 Å². The van der Waals surface area contributed by atoms with Gasteiger partial charge in [-0.15, -0.1) is 0 Å². The summed E-state index contributed by atoms with van der Waals surface area (Å²) < 4.78 is 0. The van der Waals surface area contributed by atoms with Crippen molar-refractivity contribution < 1.29 is 4.79 Å². The van der Waals surface area contributed by atoms with Gasteiger partial charge in [0.2, 0.25) is 0 Å². The monoisotopic (exact) mass is 155 g/mol. The van der Waals surface area contributed by atoms with Gasteiger partial charge in [-0.05, 0) is 18.9 Å². The molecule has 0 spiro atoms. The second kappa shape index (κ2) is 3.86. The fourth-order valence-electron chi connectivity index (χ4n) is 1.61. The van der Waals surface area contributed by atoms with Gasteiger partial charge in [-0.3, -0.25) is 4.79 Å². The molecule has 1 N–H and O–H groups in total. The van der Waals surface area contributed by atoms with E-state index in [0.29, 0.717) is 12.2 Å². The molecule has 2 heteroatoms. The van der Waals surface area contributed by atoms with E-state index in [4.69, 9.17) is 0 Å². The van der Waals surface area contributed by atoms with E-state index < -0.39 is 0 Å². The first kappa shape index (κ1) is 8.72. The van der Waals surface area contributed by atoms with E-state index in [1.165, 1.54) is 6.42 Å². The molecule has 0 radical (unpaired) electrons. The Morgan fingerprint density at radius 2 is 2.27 bits per heavy atom. The smallest absolute Gasteiger partial charge is 0.149 e. The fourth-order valence-corrected chi connectivity index (χ4v) is 1.61. The minimum atomic E-state index is 0.171. The third-order valence-electron chi connectivity index (χ3n) is 2.54. The van der Waals surface area contributed by atoms with Crippen LogP contribution in [0.1, 0.15) is 33.1 Å². The zero-order valence-corrected chi connectivity index (χ0v) is 7.39. The molecular weight excluding hydrogens is 138 g/mol. The average Bonchev–Trinajstić information content (AvgIpc) is 2.50. The Morgan fingerprint density at radius 3 is 2.73 bits per heavy atom. The standard InChI is InChI=1S/C9H17NO/c1-3-7-5-8(10-6-7)9(11)4-2/h7-8,10H,3-6H2,1-2H3. The number of ketones is 1. The Balaban J connectivity index is 2.35. The van der Waals surface area contributed by atoms with Crippen LogP contribution in [0.3, 0.4) is 0 Å². The summed E-state index contributed by atoms with van der Waals surface area (Å²) in [5, 5.41) is 3.26. The molecule has 64 valence electrons. The molecule has 11 heavy (non-hydrogen) atoms. The first-order valence-electron chi connectivity index (χ1n) is 4.54. The lowest BCUT2D eigenvalue weighted by molar-refractivity contribution is -0.120. The molecule has 0 aromatic heterocycles. The average molecular weight is 155 g/mol. The van der Waals surface area contributed by atoms with Crippen LogP contribution in [0, 0.1) is 5.92 Å². The van der Waals surface area contributed by atoms with Gasteiger partial charge in [-0.25, -0.2) is 0 Å². The van der Waals surface area contributed by atoms with Crippen LogP contribution in [0.15, 0.2) is 0 Å². The highest BCUT2D eigenvalue weighted by Gasteiger charge is 2.26. The highest BCUT2D eigenvalue weighted by Crippen LogP contribution is 2.17. The van der Waals surface area contributed by atoms with Crippen LogP contribution in [0.2, 0.25) is 0 Å². The van der Waals surface area contributed by atoms with Crippen molar-refractivity contribution >= 4 is 5.78 Å². The molecule has 0 aliphatic carbocycles. The van der Waals surface area contributed by atoms with Crippen molar-refractivity contribution in [3.05, 3.63) is 0 Å². The van der Waals surface area contributed by atoms with E-state index in [9.17, 15) is 4.79 Å². The summed E-state index contributed by atoms with van der Waals surface area (Å²) >= 11 is 0. The highest BCUT2D eigenvalue weighted by molar-refractivity contribution is 5.83. The first-order valence-corrected chi connectivity index (χ1v) is 4.54. The maximum Gasteiger partial charge on any atom is 0.149 e. The van der Waals surface area contributed by atoms with Gasteiger partial charge in [0.15, 0.2) is 0 Å². The maximum atomic E-state index is 11.2. The van der Waals surface area contributed by atoms with Gasteiger partial charge in [0, 0.05) is 6.42 Å². The molecule has 2 atom stereocenters. The number of Topliss-reactive ketones (excluding diaryl/α,β-unsaturated/α-hetero) is 1. The van der Waals surface area contributed by atoms with Crippen LogP contribution in [0.5, 0.6) is 0 Å². The maximum absolute atomic E-state index is 11.2. The number of rotatable bonds is 3. The minimum Gasteiger partial charge on any atom is -0.307 e. The molecular formula is C9H17NO. The second-order valence-electron chi connectivity index (χ2n) is 3.29. The third-order valence-corrected chi connectivity index (χ3v) is 2.54. The molecule has 2 unspecified atom stereocenters. The minimum absolute atomic E-state index is 0.171. The molecule has 1 rings (SSSR count). The van der Waals surface area contributed by atoms with Crippen molar-refractivity contribution in [2.45, 2.75) is 39.2 Å². The van der Waals surface area contributed by atoms with Crippen molar-refractivity contribution in [2.24, 2.45) is 5.92 Å². The Kier molecular flexibility index (Phi) is 3.06. The van der Waals surface area contributed by atoms with Crippen molar-refractivity contribution in [2.75, 3.05) is 6.54 Å². The van der Waals surface area contributed by atoms with E-state index in [2.05, 4.69) is 12.2 Å². The largest absolute Gasteiger partial charge is 0.307 e. The van der Waals surface area contributed by atoms with E-state index in [1.54, 1.807) is 0 Å². The number of hydrogen-bond donors (Lipinski definition) is 1. The van der Waals surface area contributed by atoms with E-state index in [-0.39, 0.29) is 6.04 Å². The molecule has 0 amide bonds. The van der Waals surface area contributed by atoms with E-state index >= 15 is 0 Å². The van der Waals surface area contributed by atoms with Gasteiger partial charge in [0.1, 0.15) is 5.78 Å². The van der Waals surface area contributed by atoms with Gasteiger partial charge in [0.25, 0.3) is 0 Å². The molecule has 0 aromatic rings. The summed E-state index contributed by atoms with van der Waals surface area (Å²) in [6.45, 7) is 5.15. The second-order valence-corrected chi connectivity index (χ2v) is 3.29. The first-order chi connectivity index (χ1) is 5.27. The van der Waals surface area contributed by atoms with Crippen LogP contribution in [0.25, 0.3) is 0 Å². The summed E-state index contributed by atoms with van der Waals surface area (Å²) in [6.07, 6.45) is 2.93. The topological polar surface area (TPSA) is 29.1 Å². The number of nitrogens with one attached hydrogen (secondary N) is 1. The Labute approximate surface area is 68.4 Å². The van der Waals surface area contributed by atoms with Crippen molar-refractivity contribution in [1.29, 1.82) is 0 Å². The zero-order valence-electron chi connectivity index (χ0n) is 7.39. The molecule has 1 heterocycles. The summed E-state index contributed by atoms with van der Waals surface area (Å²) in [5.74, 6) is 1.11. The molecule has 0 aromatic carbocycles. The van der Waals surface area contributed by atoms with Crippen molar-refractivity contribution in [3.63, 3.8) is 0 Å². The summed E-state index contributed by atoms with van der Waals surface area (Å²) in [6, 6.07) is 0.171.